The van der Waals surface area contributed by atoms with Gasteiger partial charge in [-0.25, -0.2) is 0 Å². The molecule has 2 fully saturated rings. The number of hydrogen-bond donors (Lipinski definition) is 0. The molecule has 35 heavy (non-hydrogen) atoms. The second kappa shape index (κ2) is 16.5. The zero-order chi connectivity index (χ0) is 25.5. The quantitative estimate of drug-likeness (QED) is 0.297. The minimum Gasteiger partial charge on any atom is -0.463 e. The number of esters is 2. The van der Waals surface area contributed by atoms with Gasteiger partial charge in [-0.3, -0.25) is 14.5 Å². The molecule has 9 heteroatoms. The van der Waals surface area contributed by atoms with E-state index in [1.165, 1.54) is 19.3 Å². The largest absolute Gasteiger partial charge is 0.463 e. The average Bonchev–Trinajstić information content (AvgIpc) is 2.87. The maximum absolute atomic E-state index is 12.0. The summed E-state index contributed by atoms with van der Waals surface area (Å²) in [4.78, 5) is 28.6. The van der Waals surface area contributed by atoms with Crippen molar-refractivity contribution in [2.45, 2.75) is 72.0 Å². The normalized spacial score (nSPS) is 19.8. The highest BCUT2D eigenvalue weighted by Crippen LogP contribution is 2.18. The summed E-state index contributed by atoms with van der Waals surface area (Å²) in [5.74, 6) is -0.365. The Kier molecular flexibility index (Phi) is 14.1. The monoisotopic (exact) mass is 500 g/mol. The molecule has 2 aliphatic rings. The van der Waals surface area contributed by atoms with Crippen LogP contribution in [0.5, 0.6) is 0 Å². The summed E-state index contributed by atoms with van der Waals surface area (Å²) in [7, 11) is 0. The predicted molar refractivity (Wildman–Crippen MR) is 133 cm³/mol. The van der Waals surface area contributed by atoms with Crippen LogP contribution in [-0.4, -0.2) is 113 Å². The Morgan fingerprint density at radius 1 is 0.771 bits per heavy atom. The van der Waals surface area contributed by atoms with Crippen molar-refractivity contribution in [2.24, 2.45) is 5.41 Å². The van der Waals surface area contributed by atoms with E-state index in [1.54, 1.807) is 0 Å². The first-order chi connectivity index (χ1) is 16.7. The number of carbonyl (C=O) groups excluding carboxylic acids is 2. The lowest BCUT2D eigenvalue weighted by Crippen LogP contribution is -2.37. The number of morpholine rings is 1. The van der Waals surface area contributed by atoms with Crippen LogP contribution in [-0.2, 0) is 33.3 Å². The molecule has 0 spiro atoms. The van der Waals surface area contributed by atoms with Gasteiger partial charge in [0, 0.05) is 31.6 Å². The summed E-state index contributed by atoms with van der Waals surface area (Å²) in [6.07, 6.45) is 4.17. The number of piperidine rings is 1. The third kappa shape index (κ3) is 14.2. The molecule has 204 valence electrons. The number of ether oxygens (including phenoxy) is 5. The Morgan fingerprint density at radius 3 is 1.71 bits per heavy atom. The highest BCUT2D eigenvalue weighted by molar-refractivity contribution is 5.69. The molecule has 2 rings (SSSR count). The Hall–Kier alpha value is -1.26. The summed E-state index contributed by atoms with van der Waals surface area (Å²) < 4.78 is 27.9. The molecular weight excluding hydrogens is 452 g/mol. The minimum atomic E-state index is -0.221. The third-order valence-electron chi connectivity index (χ3n) is 6.29. The molecule has 0 N–H and O–H groups in total. The van der Waals surface area contributed by atoms with Gasteiger partial charge in [-0.15, -0.1) is 0 Å². The van der Waals surface area contributed by atoms with E-state index in [0.717, 1.165) is 45.9 Å². The molecule has 2 heterocycles. The van der Waals surface area contributed by atoms with Gasteiger partial charge >= 0.3 is 11.9 Å². The first-order valence-corrected chi connectivity index (χ1v) is 13.3. The molecule has 2 unspecified atom stereocenters. The lowest BCUT2D eigenvalue weighted by molar-refractivity contribution is -0.150. The van der Waals surface area contributed by atoms with Crippen molar-refractivity contribution < 1.29 is 33.3 Å². The summed E-state index contributed by atoms with van der Waals surface area (Å²) >= 11 is 0. The fraction of sp³-hybridized carbons (Fsp3) is 0.923. The first-order valence-electron chi connectivity index (χ1n) is 13.3. The molecule has 0 aromatic rings. The standard InChI is InChI=1S/C26H48N2O7/c1-22(18-32-24(29)8-12-27-10-6-5-7-11-27)34-20-26(3,4)21-35-23(2)19-33-25(30)9-13-28-14-16-31-17-15-28/h22-23H,5-21H2,1-4H3. The van der Waals surface area contributed by atoms with Crippen LogP contribution in [0.4, 0.5) is 0 Å². The number of rotatable bonds is 16. The summed E-state index contributed by atoms with van der Waals surface area (Å²) in [5.41, 5.74) is -0.221. The van der Waals surface area contributed by atoms with Crippen molar-refractivity contribution in [3.8, 4) is 0 Å². The van der Waals surface area contributed by atoms with Gasteiger partial charge in [0.2, 0.25) is 0 Å². The topological polar surface area (TPSA) is 86.8 Å². The van der Waals surface area contributed by atoms with Crippen LogP contribution in [0.3, 0.4) is 0 Å². The molecule has 9 nitrogen and oxygen atoms in total. The van der Waals surface area contributed by atoms with Gasteiger partial charge in [0.05, 0.1) is 51.5 Å². The summed E-state index contributed by atoms with van der Waals surface area (Å²) in [6, 6.07) is 0. The second-order valence-corrected chi connectivity index (χ2v) is 10.6. The Labute approximate surface area is 211 Å². The Balaban J connectivity index is 1.50. The molecule has 0 aromatic carbocycles. The molecule has 2 aliphatic heterocycles. The van der Waals surface area contributed by atoms with E-state index in [0.29, 0.717) is 32.6 Å². The maximum atomic E-state index is 12.0. The molecular formula is C26H48N2O7. The predicted octanol–water partition coefficient (Wildman–Crippen LogP) is 2.51. The van der Waals surface area contributed by atoms with Gasteiger partial charge in [0.25, 0.3) is 0 Å². The highest BCUT2D eigenvalue weighted by Gasteiger charge is 2.22. The molecule has 2 saturated heterocycles. The van der Waals surface area contributed by atoms with E-state index in [2.05, 4.69) is 23.6 Å². The summed E-state index contributed by atoms with van der Waals surface area (Å²) in [6.45, 7) is 16.2. The molecule has 0 radical (unpaired) electrons. The van der Waals surface area contributed by atoms with Gasteiger partial charge in [0.15, 0.2) is 0 Å². The third-order valence-corrected chi connectivity index (χ3v) is 6.29. The van der Waals surface area contributed by atoms with Crippen LogP contribution >= 0.6 is 0 Å². The smallest absolute Gasteiger partial charge is 0.307 e. The van der Waals surface area contributed by atoms with Crippen molar-refractivity contribution in [2.75, 3.05) is 78.9 Å². The van der Waals surface area contributed by atoms with Crippen LogP contribution in [0.25, 0.3) is 0 Å². The molecule has 0 saturated carbocycles. The fourth-order valence-electron chi connectivity index (χ4n) is 3.95. The van der Waals surface area contributed by atoms with Gasteiger partial charge in [-0.2, -0.15) is 0 Å². The highest BCUT2D eigenvalue weighted by atomic mass is 16.6. The van der Waals surface area contributed by atoms with Gasteiger partial charge in [-0.05, 0) is 39.8 Å². The van der Waals surface area contributed by atoms with Gasteiger partial charge in [0.1, 0.15) is 13.2 Å². The first kappa shape index (κ1) is 30.0. The second-order valence-electron chi connectivity index (χ2n) is 10.6. The zero-order valence-electron chi connectivity index (χ0n) is 22.4. The van der Waals surface area contributed by atoms with E-state index in [9.17, 15) is 9.59 Å². The van der Waals surface area contributed by atoms with E-state index in [1.807, 2.05) is 13.8 Å². The molecule has 0 bridgehead atoms. The van der Waals surface area contributed by atoms with Crippen LogP contribution < -0.4 is 0 Å². The van der Waals surface area contributed by atoms with Crippen molar-refractivity contribution in [3.05, 3.63) is 0 Å². The Bertz CT molecular complexity index is 555. The molecule has 0 aromatic heterocycles. The number of likely N-dealkylation sites (tertiary alicyclic amines) is 1. The van der Waals surface area contributed by atoms with Gasteiger partial charge < -0.3 is 28.6 Å². The zero-order valence-corrected chi connectivity index (χ0v) is 22.4. The van der Waals surface area contributed by atoms with Crippen LogP contribution in [0.2, 0.25) is 0 Å². The molecule has 0 aliphatic carbocycles. The maximum Gasteiger partial charge on any atom is 0.307 e. The summed E-state index contributed by atoms with van der Waals surface area (Å²) in [5, 5.41) is 0. The van der Waals surface area contributed by atoms with E-state index < -0.39 is 0 Å². The van der Waals surface area contributed by atoms with E-state index in [-0.39, 0.29) is 42.8 Å². The van der Waals surface area contributed by atoms with Crippen molar-refractivity contribution >= 4 is 11.9 Å². The average molecular weight is 501 g/mol. The number of hydrogen-bond acceptors (Lipinski definition) is 9. The van der Waals surface area contributed by atoms with Crippen molar-refractivity contribution in [1.82, 2.24) is 9.80 Å². The van der Waals surface area contributed by atoms with E-state index in [4.69, 9.17) is 23.7 Å². The van der Waals surface area contributed by atoms with Crippen LogP contribution in [0.1, 0.15) is 59.8 Å². The minimum absolute atomic E-state index is 0.165. The van der Waals surface area contributed by atoms with Crippen molar-refractivity contribution in [3.63, 3.8) is 0 Å². The Morgan fingerprint density at radius 2 is 1.23 bits per heavy atom. The molecule has 0 amide bonds. The van der Waals surface area contributed by atoms with Crippen LogP contribution in [0.15, 0.2) is 0 Å². The van der Waals surface area contributed by atoms with Crippen LogP contribution in [0, 0.1) is 5.41 Å². The number of nitrogens with zero attached hydrogens (tertiary/aromatic N) is 2. The fourth-order valence-corrected chi connectivity index (χ4v) is 3.95. The lowest BCUT2D eigenvalue weighted by Gasteiger charge is -2.28. The SMILES string of the molecule is CC(COC(=O)CCN1CCCCC1)OCC(C)(C)COC(C)COC(=O)CCN1CCOCC1. The van der Waals surface area contributed by atoms with Gasteiger partial charge in [-0.1, -0.05) is 20.3 Å². The molecule has 2 atom stereocenters. The lowest BCUT2D eigenvalue weighted by atomic mass is 9.96. The van der Waals surface area contributed by atoms with E-state index >= 15 is 0 Å². The van der Waals surface area contributed by atoms with Crippen molar-refractivity contribution in [1.29, 1.82) is 0 Å². The number of carbonyl (C=O) groups is 2.